The van der Waals surface area contributed by atoms with Gasteiger partial charge in [0.1, 0.15) is 6.26 Å². The minimum Gasteiger partial charge on any atom is -0.432 e. The van der Waals surface area contributed by atoms with Gasteiger partial charge in [0.15, 0.2) is 0 Å². The Balaban J connectivity index is 2.91. The molecule has 2 N–H and O–H groups in total. The molecule has 0 radical (unpaired) electrons. The smallest absolute Gasteiger partial charge is 0.364 e. The number of benzene rings is 1. The van der Waals surface area contributed by atoms with E-state index in [0.29, 0.717) is 11.3 Å². The van der Waals surface area contributed by atoms with Gasteiger partial charge in [-0.3, -0.25) is 4.79 Å². The summed E-state index contributed by atoms with van der Waals surface area (Å²) < 4.78 is 14.9. The van der Waals surface area contributed by atoms with Gasteiger partial charge in [0, 0.05) is 12.5 Å². The van der Waals surface area contributed by atoms with Crippen LogP contribution in [0.5, 0.6) is 0 Å². The standard InChI is InChI=1S/C10H12NO4P/c1-8(12)11-10(7-15-16(13)14)9-5-3-2-4-6-9/h2-7,16H,1H3,(H,11,12)(H,13,14)/b10-7-. The molecule has 1 rings (SSSR count). The molecule has 1 amide bonds. The summed E-state index contributed by atoms with van der Waals surface area (Å²) >= 11 is 0. The van der Waals surface area contributed by atoms with E-state index < -0.39 is 8.25 Å². The Bertz CT molecular complexity index is 416. The maximum absolute atomic E-state index is 10.9. The molecular weight excluding hydrogens is 229 g/mol. The molecule has 16 heavy (non-hydrogen) atoms. The molecule has 86 valence electrons. The van der Waals surface area contributed by atoms with Crippen LogP contribution in [0, 0.1) is 0 Å². The van der Waals surface area contributed by atoms with Crippen LogP contribution >= 0.6 is 8.25 Å². The molecule has 0 bridgehead atoms. The minimum absolute atomic E-state index is 0.281. The SMILES string of the molecule is CC(=O)N/C(=C\O[PH](=O)O)c1ccccc1. The summed E-state index contributed by atoms with van der Waals surface area (Å²) in [7, 11) is -3.05. The summed E-state index contributed by atoms with van der Waals surface area (Å²) in [5, 5.41) is 2.52. The number of hydrogen-bond acceptors (Lipinski definition) is 3. The number of carbonyl (C=O) groups excluding carboxylic acids is 1. The lowest BCUT2D eigenvalue weighted by atomic mass is 10.2. The van der Waals surface area contributed by atoms with Gasteiger partial charge in [-0.2, -0.15) is 0 Å². The molecule has 1 aromatic rings. The van der Waals surface area contributed by atoms with E-state index in [1.165, 1.54) is 6.92 Å². The van der Waals surface area contributed by atoms with E-state index in [0.717, 1.165) is 6.26 Å². The van der Waals surface area contributed by atoms with Gasteiger partial charge >= 0.3 is 8.25 Å². The summed E-state index contributed by atoms with van der Waals surface area (Å²) in [5.74, 6) is -0.281. The highest BCUT2D eigenvalue weighted by atomic mass is 31.1. The van der Waals surface area contributed by atoms with Gasteiger partial charge in [0.05, 0.1) is 5.70 Å². The maximum atomic E-state index is 10.9. The van der Waals surface area contributed by atoms with Crippen molar-refractivity contribution in [2.24, 2.45) is 0 Å². The maximum Gasteiger partial charge on any atom is 0.364 e. The van der Waals surface area contributed by atoms with Crippen molar-refractivity contribution in [1.82, 2.24) is 5.32 Å². The monoisotopic (exact) mass is 241 g/mol. The highest BCUT2D eigenvalue weighted by Gasteiger charge is 2.03. The number of carbonyl (C=O) groups is 1. The lowest BCUT2D eigenvalue weighted by Crippen LogP contribution is -2.18. The van der Waals surface area contributed by atoms with Gasteiger partial charge in [-0.1, -0.05) is 30.3 Å². The van der Waals surface area contributed by atoms with Gasteiger partial charge < -0.3 is 14.7 Å². The van der Waals surface area contributed by atoms with E-state index in [2.05, 4.69) is 9.84 Å². The van der Waals surface area contributed by atoms with Crippen LogP contribution in [-0.4, -0.2) is 10.8 Å². The van der Waals surface area contributed by atoms with Gasteiger partial charge in [-0.05, 0) is 0 Å². The molecule has 6 heteroatoms. The fourth-order valence-electron chi connectivity index (χ4n) is 1.09. The molecule has 0 aliphatic heterocycles. The molecule has 0 saturated heterocycles. The van der Waals surface area contributed by atoms with Gasteiger partial charge in [0.25, 0.3) is 0 Å². The zero-order valence-electron chi connectivity index (χ0n) is 8.64. The molecular formula is C10H12NO4P. The topological polar surface area (TPSA) is 75.6 Å². The van der Waals surface area contributed by atoms with Crippen LogP contribution in [0.25, 0.3) is 5.70 Å². The molecule has 0 fully saturated rings. The number of nitrogens with one attached hydrogen (secondary N) is 1. The summed E-state index contributed by atoms with van der Waals surface area (Å²) in [6.07, 6.45) is 1.07. The fourth-order valence-corrected chi connectivity index (χ4v) is 1.31. The van der Waals surface area contributed by atoms with E-state index in [-0.39, 0.29) is 5.91 Å². The van der Waals surface area contributed by atoms with Crippen LogP contribution < -0.4 is 5.32 Å². The van der Waals surface area contributed by atoms with Crippen molar-refractivity contribution in [3.05, 3.63) is 42.2 Å². The molecule has 0 aliphatic carbocycles. The summed E-state index contributed by atoms with van der Waals surface area (Å²) in [6.45, 7) is 1.35. The molecule has 0 aromatic heterocycles. The van der Waals surface area contributed by atoms with Crippen LogP contribution in [0.1, 0.15) is 12.5 Å². The lowest BCUT2D eigenvalue weighted by Gasteiger charge is -2.07. The fraction of sp³-hybridized carbons (Fsp3) is 0.100. The van der Waals surface area contributed by atoms with E-state index in [4.69, 9.17) is 4.89 Å². The summed E-state index contributed by atoms with van der Waals surface area (Å²) in [6, 6.07) is 8.89. The zero-order valence-corrected chi connectivity index (χ0v) is 9.64. The van der Waals surface area contributed by atoms with Gasteiger partial charge in [-0.15, -0.1) is 0 Å². The molecule has 0 heterocycles. The van der Waals surface area contributed by atoms with Crippen molar-refractivity contribution in [3.8, 4) is 0 Å². The minimum atomic E-state index is -3.05. The van der Waals surface area contributed by atoms with Crippen LogP contribution in [0.3, 0.4) is 0 Å². The lowest BCUT2D eigenvalue weighted by molar-refractivity contribution is -0.117. The first-order chi connectivity index (χ1) is 7.59. The van der Waals surface area contributed by atoms with Crippen LogP contribution in [0.2, 0.25) is 0 Å². The van der Waals surface area contributed by atoms with Gasteiger partial charge in [0.2, 0.25) is 5.91 Å². The normalized spacial score (nSPS) is 13.0. The number of hydrogen-bond donors (Lipinski definition) is 2. The van der Waals surface area contributed by atoms with E-state index in [9.17, 15) is 9.36 Å². The molecule has 0 aliphatic rings. The van der Waals surface area contributed by atoms with E-state index >= 15 is 0 Å². The third-order valence-electron chi connectivity index (χ3n) is 1.67. The largest absolute Gasteiger partial charge is 0.432 e. The first-order valence-corrected chi connectivity index (χ1v) is 5.78. The quantitative estimate of drug-likeness (QED) is 0.619. The second-order valence-electron chi connectivity index (χ2n) is 2.96. The Hall–Kier alpha value is -1.58. The first kappa shape index (κ1) is 12.5. The third kappa shape index (κ3) is 4.29. The second-order valence-corrected chi connectivity index (χ2v) is 3.73. The molecule has 1 aromatic carbocycles. The molecule has 0 saturated carbocycles. The molecule has 5 nitrogen and oxygen atoms in total. The third-order valence-corrected chi connectivity index (χ3v) is 1.99. The molecule has 0 spiro atoms. The Morgan fingerprint density at radius 3 is 2.56 bits per heavy atom. The summed E-state index contributed by atoms with van der Waals surface area (Å²) in [5.41, 5.74) is 1.04. The summed E-state index contributed by atoms with van der Waals surface area (Å²) in [4.78, 5) is 19.5. The molecule has 1 unspecified atom stereocenters. The van der Waals surface area contributed by atoms with Gasteiger partial charge in [-0.25, -0.2) is 4.57 Å². The average molecular weight is 241 g/mol. The Morgan fingerprint density at radius 1 is 1.44 bits per heavy atom. The molecule has 1 atom stereocenters. The Labute approximate surface area is 93.7 Å². The van der Waals surface area contributed by atoms with Crippen molar-refractivity contribution in [2.45, 2.75) is 6.92 Å². The van der Waals surface area contributed by atoms with Crippen molar-refractivity contribution < 1.29 is 18.8 Å². The number of rotatable bonds is 4. The number of amides is 1. The van der Waals surface area contributed by atoms with Crippen LogP contribution in [-0.2, 0) is 13.9 Å². The second kappa shape index (κ2) is 6.10. The van der Waals surface area contributed by atoms with Crippen molar-refractivity contribution in [1.29, 1.82) is 0 Å². The highest BCUT2D eigenvalue weighted by molar-refractivity contribution is 7.32. The average Bonchev–Trinajstić information content (AvgIpc) is 2.25. The first-order valence-electron chi connectivity index (χ1n) is 4.52. The predicted molar refractivity (Wildman–Crippen MR) is 60.5 cm³/mol. The van der Waals surface area contributed by atoms with E-state index in [1.807, 2.05) is 6.07 Å². The predicted octanol–water partition coefficient (Wildman–Crippen LogP) is 1.52. The van der Waals surface area contributed by atoms with Crippen molar-refractivity contribution in [2.75, 3.05) is 0 Å². The zero-order chi connectivity index (χ0) is 12.0. The van der Waals surface area contributed by atoms with Crippen molar-refractivity contribution >= 4 is 19.9 Å². The van der Waals surface area contributed by atoms with Crippen LogP contribution in [0.4, 0.5) is 0 Å². The Morgan fingerprint density at radius 2 is 2.06 bits per heavy atom. The van der Waals surface area contributed by atoms with Crippen molar-refractivity contribution in [3.63, 3.8) is 0 Å². The highest BCUT2D eigenvalue weighted by Crippen LogP contribution is 2.19. The van der Waals surface area contributed by atoms with Crippen LogP contribution in [0.15, 0.2) is 36.6 Å². The van der Waals surface area contributed by atoms with E-state index in [1.54, 1.807) is 24.3 Å². The Kier molecular flexibility index (Phi) is 4.76.